The largest absolute Gasteiger partial charge is 0.508 e. The van der Waals surface area contributed by atoms with E-state index in [4.69, 9.17) is 0 Å². The van der Waals surface area contributed by atoms with Gasteiger partial charge in [-0.25, -0.2) is 0 Å². The summed E-state index contributed by atoms with van der Waals surface area (Å²) < 4.78 is 0. The molecule has 0 radical (unpaired) electrons. The lowest BCUT2D eigenvalue weighted by Gasteiger charge is -2.24. The summed E-state index contributed by atoms with van der Waals surface area (Å²) in [6.45, 7) is 0. The first-order chi connectivity index (χ1) is 34.3. The Bertz CT molecular complexity index is 4430. The molecule has 18 heteroatoms. The third kappa shape index (κ3) is 5.21. The zero-order valence-electron chi connectivity index (χ0n) is 37.8. The summed E-state index contributed by atoms with van der Waals surface area (Å²) in [5, 5.41) is 171. The average Bonchev–Trinajstić information content (AvgIpc) is 3.37. The molecule has 0 aliphatic carbocycles. The first-order valence-corrected chi connectivity index (χ1v) is 22.2. The molecule has 15 N–H and O–H groups in total. The SMILES string of the molecule is Bc1c(O)c2c(O)c(B)c3c(-c4ccc(-c5ccc(-c6c(O)c(O)c7c(O)c(O)c8c(O)c(B)c(O)c9c(O)c(O)c6c7c89)cc5-c5ccc6ccccc6c5)cc4)c(O)c(O)c4c(O)c(O)c(c1O)c2c43. The lowest BCUT2D eigenvalue weighted by Crippen LogP contribution is -2.12. The van der Waals surface area contributed by atoms with Crippen molar-refractivity contribution < 1.29 is 76.6 Å². The van der Waals surface area contributed by atoms with Crippen LogP contribution in [0.15, 0.2) is 84.9 Å². The van der Waals surface area contributed by atoms with Gasteiger partial charge in [-0.05, 0) is 78.1 Å². The first kappa shape index (κ1) is 43.5. The lowest BCUT2D eigenvalue weighted by atomic mass is 9.76. The predicted molar refractivity (Wildman–Crippen MR) is 283 cm³/mol. The summed E-state index contributed by atoms with van der Waals surface area (Å²) in [4.78, 5) is 0. The fraction of sp³-hybridized carbons (Fsp3) is 0. The lowest BCUT2D eigenvalue weighted by molar-refractivity contribution is 0.395. The van der Waals surface area contributed by atoms with Crippen molar-refractivity contribution >= 4 is 115 Å². The topological polar surface area (TPSA) is 303 Å². The van der Waals surface area contributed by atoms with E-state index < -0.39 is 108 Å². The highest BCUT2D eigenvalue weighted by molar-refractivity contribution is 6.51. The third-order valence-electron chi connectivity index (χ3n) is 14.7. The highest BCUT2D eigenvalue weighted by Crippen LogP contribution is 2.63. The molecule has 0 aromatic heterocycles. The number of benzene rings is 12. The molecule has 0 spiro atoms. The molecule has 72 heavy (non-hydrogen) atoms. The van der Waals surface area contributed by atoms with Gasteiger partial charge in [-0.15, -0.1) is 0 Å². The Labute approximate surface area is 406 Å². The van der Waals surface area contributed by atoms with Crippen LogP contribution in [0.5, 0.6) is 86.2 Å². The average molecular weight is 956 g/mol. The molecule has 0 atom stereocenters. The Morgan fingerprint density at radius 3 is 1.08 bits per heavy atom. The minimum absolute atomic E-state index is 0.000742. The molecule has 12 aromatic rings. The summed E-state index contributed by atoms with van der Waals surface area (Å²) in [6, 6.07) is 24.9. The highest BCUT2D eigenvalue weighted by Gasteiger charge is 2.35. The van der Waals surface area contributed by atoms with Gasteiger partial charge in [-0.2, -0.15) is 0 Å². The molecule has 0 fully saturated rings. The molecule has 12 rings (SSSR count). The minimum Gasteiger partial charge on any atom is -0.508 e. The number of aromatic hydroxyl groups is 15. The third-order valence-corrected chi connectivity index (χ3v) is 14.7. The van der Waals surface area contributed by atoms with Crippen molar-refractivity contribution in [1.82, 2.24) is 0 Å². The van der Waals surface area contributed by atoms with Crippen LogP contribution < -0.4 is 16.4 Å². The van der Waals surface area contributed by atoms with Crippen LogP contribution in [0.2, 0.25) is 0 Å². The normalized spacial score (nSPS) is 12.1. The van der Waals surface area contributed by atoms with Crippen molar-refractivity contribution in [3.8, 4) is 131 Å². The van der Waals surface area contributed by atoms with E-state index >= 15 is 0 Å². The molecule has 0 unspecified atom stereocenters. The highest BCUT2D eigenvalue weighted by atomic mass is 16.3. The number of hydrogen-bond acceptors (Lipinski definition) is 15. The Kier molecular flexibility index (Phi) is 8.67. The van der Waals surface area contributed by atoms with Crippen LogP contribution in [-0.2, 0) is 0 Å². The quantitative estimate of drug-likeness (QED) is 0.0575. The molecule has 0 amide bonds. The van der Waals surface area contributed by atoms with Gasteiger partial charge in [0.15, 0.2) is 57.5 Å². The van der Waals surface area contributed by atoms with Crippen LogP contribution in [0, 0.1) is 0 Å². The molecule has 0 bridgehead atoms. The van der Waals surface area contributed by atoms with Crippen LogP contribution in [0.3, 0.4) is 0 Å². The summed E-state index contributed by atoms with van der Waals surface area (Å²) >= 11 is 0. The predicted octanol–water partition coefficient (Wildman–Crippen LogP) is 5.66. The molecular formula is C54H35B3O15. The monoisotopic (exact) mass is 956 g/mol. The summed E-state index contributed by atoms with van der Waals surface area (Å²) in [5.74, 6) is -11.5. The molecule has 15 nitrogen and oxygen atoms in total. The van der Waals surface area contributed by atoms with Gasteiger partial charge in [0, 0.05) is 38.1 Å². The van der Waals surface area contributed by atoms with E-state index in [1.807, 2.05) is 42.5 Å². The zero-order chi connectivity index (χ0) is 51.0. The number of hydrogen-bond donors (Lipinski definition) is 15. The maximum atomic E-state index is 11.9. The maximum Gasteiger partial charge on any atom is 0.170 e. The second-order valence-corrected chi connectivity index (χ2v) is 18.3. The van der Waals surface area contributed by atoms with Crippen molar-refractivity contribution in [2.45, 2.75) is 0 Å². The summed E-state index contributed by atoms with van der Waals surface area (Å²) in [7, 11) is 4.16. The van der Waals surface area contributed by atoms with Gasteiger partial charge < -0.3 is 76.6 Å². The standard InChI is InChI=1S/C54H35B3O15/c55-37-29-23(45(63)51(69)35-25(29)27-31(40(37)58)41(59)38(56)42(60)32(27)49(67)53(35)71)17-8-6-16(7-9-17)21-12-11-20(14-22(21)19-10-5-15-3-1-2-4-18(15)13-19)24-30-26-28-33(48(66)47(30)65)43(61)39(57)44(62)34(28)50(68)54(72)36(26)52(70)46(24)64/h1-14,58-72H,55-57H2. The summed E-state index contributed by atoms with van der Waals surface area (Å²) in [6.07, 6.45) is 0. The van der Waals surface area contributed by atoms with Crippen molar-refractivity contribution in [1.29, 1.82) is 0 Å². The number of fused-ring (bicyclic) bond motifs is 1. The maximum absolute atomic E-state index is 11.9. The Hall–Kier alpha value is -9.83. The van der Waals surface area contributed by atoms with Crippen molar-refractivity contribution in [2.24, 2.45) is 0 Å². The van der Waals surface area contributed by atoms with E-state index in [0.29, 0.717) is 27.8 Å². The molecule has 0 saturated heterocycles. The molecule has 0 aliphatic rings. The van der Waals surface area contributed by atoms with Gasteiger partial charge in [-0.1, -0.05) is 72.8 Å². The van der Waals surface area contributed by atoms with Crippen molar-refractivity contribution in [3.05, 3.63) is 84.9 Å². The van der Waals surface area contributed by atoms with Gasteiger partial charge in [0.1, 0.15) is 52.3 Å². The molecule has 0 aliphatic heterocycles. The minimum atomic E-state index is -0.960. The number of phenolic OH excluding ortho intramolecular Hbond substituents is 15. The van der Waals surface area contributed by atoms with Crippen molar-refractivity contribution in [3.63, 3.8) is 0 Å². The van der Waals surface area contributed by atoms with Crippen molar-refractivity contribution in [2.75, 3.05) is 0 Å². The molecule has 0 heterocycles. The summed E-state index contributed by atoms with van der Waals surface area (Å²) in [5.41, 5.74) is 2.41. The van der Waals surface area contributed by atoms with Gasteiger partial charge in [0.05, 0.1) is 32.3 Å². The Morgan fingerprint density at radius 1 is 0.222 bits per heavy atom. The molecule has 12 aromatic carbocycles. The molecule has 0 saturated carbocycles. The fourth-order valence-electron chi connectivity index (χ4n) is 11.1. The molecular weight excluding hydrogens is 921 g/mol. The van der Waals surface area contributed by atoms with E-state index in [-0.39, 0.29) is 76.2 Å². The molecule has 350 valence electrons. The second kappa shape index (κ2) is 14.4. The fourth-order valence-corrected chi connectivity index (χ4v) is 11.1. The van der Waals surface area contributed by atoms with Crippen LogP contribution in [0.1, 0.15) is 0 Å². The van der Waals surface area contributed by atoms with E-state index in [2.05, 4.69) is 0 Å². The smallest absolute Gasteiger partial charge is 0.170 e. The van der Waals surface area contributed by atoms with Crippen LogP contribution >= 0.6 is 0 Å². The second-order valence-electron chi connectivity index (χ2n) is 18.3. The van der Waals surface area contributed by atoms with E-state index in [1.165, 1.54) is 23.5 Å². The van der Waals surface area contributed by atoms with Crippen LogP contribution in [0.25, 0.3) is 120 Å². The van der Waals surface area contributed by atoms with Gasteiger partial charge >= 0.3 is 0 Å². The van der Waals surface area contributed by atoms with Gasteiger partial charge in [0.2, 0.25) is 0 Å². The van der Waals surface area contributed by atoms with E-state index in [1.54, 1.807) is 42.5 Å². The Morgan fingerprint density at radius 2 is 0.569 bits per heavy atom. The van der Waals surface area contributed by atoms with Gasteiger partial charge in [0.25, 0.3) is 0 Å². The van der Waals surface area contributed by atoms with Crippen LogP contribution in [0.4, 0.5) is 0 Å². The zero-order valence-corrected chi connectivity index (χ0v) is 37.8. The van der Waals surface area contributed by atoms with Crippen LogP contribution in [-0.4, -0.2) is 100 Å². The number of rotatable bonds is 4. The van der Waals surface area contributed by atoms with Gasteiger partial charge in [-0.3, -0.25) is 0 Å². The Balaban J connectivity index is 1.12. The number of phenols is 15. The van der Waals surface area contributed by atoms with E-state index in [9.17, 15) is 76.6 Å². The van der Waals surface area contributed by atoms with E-state index in [0.717, 1.165) is 10.8 Å². The first-order valence-electron chi connectivity index (χ1n) is 22.2.